The topological polar surface area (TPSA) is 61.4 Å². The average molecular weight is 372 g/mol. The number of carbonyl (C=O) groups excluding carboxylic acids is 1. The largest absolute Gasteiger partial charge is 0.335 e. The second-order valence-corrected chi connectivity index (χ2v) is 7.88. The summed E-state index contributed by atoms with van der Waals surface area (Å²) in [7, 11) is 0. The molecular formula is C19H25N5OS. The summed E-state index contributed by atoms with van der Waals surface area (Å²) in [6.07, 6.45) is 10.2. The van der Waals surface area contributed by atoms with Gasteiger partial charge in [-0.2, -0.15) is 0 Å². The number of carbonyl (C=O) groups is 1. The lowest BCUT2D eigenvalue weighted by Crippen LogP contribution is -2.52. The molecule has 2 aromatic heterocycles. The molecule has 26 heavy (non-hydrogen) atoms. The normalized spacial score (nSPS) is 19.5. The molecule has 2 aromatic rings. The number of hydrogen-bond donors (Lipinski definition) is 1. The van der Waals surface area contributed by atoms with Crippen molar-refractivity contribution in [1.82, 2.24) is 19.8 Å². The summed E-state index contributed by atoms with van der Waals surface area (Å²) in [5.41, 5.74) is 1.46. The van der Waals surface area contributed by atoms with Crippen molar-refractivity contribution in [1.29, 1.82) is 0 Å². The highest BCUT2D eigenvalue weighted by Gasteiger charge is 2.28. The van der Waals surface area contributed by atoms with E-state index in [-0.39, 0.29) is 5.91 Å². The zero-order valence-corrected chi connectivity index (χ0v) is 15.7. The van der Waals surface area contributed by atoms with Crippen LogP contribution in [0.4, 0.5) is 10.8 Å². The SMILES string of the molecule is O=C(c1csc(Nc2ccncc2)n1)N1CCN(C2CCCCC2)CC1. The highest BCUT2D eigenvalue weighted by atomic mass is 32.1. The Kier molecular flexibility index (Phi) is 5.45. The van der Waals surface area contributed by atoms with Crippen LogP contribution in [-0.2, 0) is 0 Å². The van der Waals surface area contributed by atoms with E-state index in [9.17, 15) is 4.79 Å². The Morgan fingerprint density at radius 1 is 1.08 bits per heavy atom. The van der Waals surface area contributed by atoms with Crippen LogP contribution in [0.1, 0.15) is 42.6 Å². The number of aromatic nitrogens is 2. The fourth-order valence-electron chi connectivity index (χ4n) is 3.89. The number of hydrogen-bond acceptors (Lipinski definition) is 6. The maximum atomic E-state index is 12.8. The first-order valence-electron chi connectivity index (χ1n) is 9.45. The molecule has 4 rings (SSSR count). The van der Waals surface area contributed by atoms with Crippen LogP contribution in [0.25, 0.3) is 0 Å². The predicted molar refractivity (Wildman–Crippen MR) is 104 cm³/mol. The molecule has 3 heterocycles. The number of pyridine rings is 1. The summed E-state index contributed by atoms with van der Waals surface area (Å²) in [5, 5.41) is 5.80. The molecule has 6 nitrogen and oxygen atoms in total. The van der Waals surface area contributed by atoms with Gasteiger partial charge in [-0.3, -0.25) is 14.7 Å². The molecule has 138 valence electrons. The van der Waals surface area contributed by atoms with Gasteiger partial charge in [-0.1, -0.05) is 19.3 Å². The number of thiazole rings is 1. The molecule has 0 radical (unpaired) electrons. The fourth-order valence-corrected chi connectivity index (χ4v) is 4.59. The van der Waals surface area contributed by atoms with E-state index in [0.717, 1.165) is 43.0 Å². The van der Waals surface area contributed by atoms with Crippen LogP contribution in [0.2, 0.25) is 0 Å². The van der Waals surface area contributed by atoms with Crippen LogP contribution >= 0.6 is 11.3 Å². The Morgan fingerprint density at radius 2 is 1.81 bits per heavy atom. The van der Waals surface area contributed by atoms with E-state index in [0.29, 0.717) is 5.69 Å². The van der Waals surface area contributed by atoms with Gasteiger partial charge in [-0.15, -0.1) is 11.3 Å². The average Bonchev–Trinajstić information content (AvgIpc) is 3.17. The minimum absolute atomic E-state index is 0.0484. The van der Waals surface area contributed by atoms with Gasteiger partial charge < -0.3 is 10.2 Å². The van der Waals surface area contributed by atoms with Crippen molar-refractivity contribution in [3.8, 4) is 0 Å². The molecule has 1 saturated heterocycles. The molecule has 2 fully saturated rings. The number of piperazine rings is 1. The maximum absolute atomic E-state index is 12.8. The van der Waals surface area contributed by atoms with E-state index in [4.69, 9.17) is 0 Å². The fraction of sp³-hybridized carbons (Fsp3) is 0.526. The second-order valence-electron chi connectivity index (χ2n) is 7.02. The minimum atomic E-state index is 0.0484. The molecule has 0 spiro atoms. The summed E-state index contributed by atoms with van der Waals surface area (Å²) in [5.74, 6) is 0.0484. The monoisotopic (exact) mass is 371 g/mol. The van der Waals surface area contributed by atoms with Crippen LogP contribution in [0.3, 0.4) is 0 Å². The van der Waals surface area contributed by atoms with Crippen LogP contribution < -0.4 is 5.32 Å². The molecule has 0 atom stereocenters. The third kappa shape index (κ3) is 4.04. The summed E-state index contributed by atoms with van der Waals surface area (Å²) in [4.78, 5) is 25.8. The minimum Gasteiger partial charge on any atom is -0.335 e. The molecule has 0 aromatic carbocycles. The van der Waals surface area contributed by atoms with Crippen molar-refractivity contribution in [3.05, 3.63) is 35.6 Å². The zero-order valence-electron chi connectivity index (χ0n) is 14.9. The second kappa shape index (κ2) is 8.14. The number of nitrogens with one attached hydrogen (secondary N) is 1. The maximum Gasteiger partial charge on any atom is 0.273 e. The smallest absolute Gasteiger partial charge is 0.273 e. The number of rotatable bonds is 4. The van der Waals surface area contributed by atoms with Crippen molar-refractivity contribution in [2.24, 2.45) is 0 Å². The van der Waals surface area contributed by atoms with E-state index < -0.39 is 0 Å². The van der Waals surface area contributed by atoms with E-state index in [1.807, 2.05) is 22.4 Å². The summed E-state index contributed by atoms with van der Waals surface area (Å²) >= 11 is 1.46. The van der Waals surface area contributed by atoms with E-state index in [1.165, 1.54) is 43.4 Å². The van der Waals surface area contributed by atoms with Crippen LogP contribution in [0.15, 0.2) is 29.9 Å². The molecule has 1 saturated carbocycles. The first-order chi connectivity index (χ1) is 12.8. The van der Waals surface area contributed by atoms with E-state index in [1.54, 1.807) is 12.4 Å². The van der Waals surface area contributed by atoms with Gasteiger partial charge in [-0.25, -0.2) is 4.98 Å². The Labute approximate surface area is 158 Å². The van der Waals surface area contributed by atoms with Crippen LogP contribution in [0.5, 0.6) is 0 Å². The standard InChI is InChI=1S/C19H25N5OS/c25-18(17-14-26-19(22-17)21-15-6-8-20-9-7-15)24-12-10-23(11-13-24)16-4-2-1-3-5-16/h6-9,14,16H,1-5,10-13H2,(H,20,21,22). The lowest BCUT2D eigenvalue weighted by molar-refractivity contribution is 0.0519. The van der Waals surface area contributed by atoms with Crippen molar-refractivity contribution < 1.29 is 4.79 Å². The summed E-state index contributed by atoms with van der Waals surface area (Å²) < 4.78 is 0. The lowest BCUT2D eigenvalue weighted by atomic mass is 9.94. The molecule has 1 N–H and O–H groups in total. The quantitative estimate of drug-likeness (QED) is 0.893. The molecule has 1 aliphatic heterocycles. The molecule has 0 unspecified atom stereocenters. The van der Waals surface area contributed by atoms with Crippen molar-refractivity contribution >= 4 is 28.1 Å². The Bertz CT molecular complexity index is 721. The molecule has 0 bridgehead atoms. The van der Waals surface area contributed by atoms with Gasteiger partial charge in [-0.05, 0) is 25.0 Å². The number of anilines is 2. The van der Waals surface area contributed by atoms with E-state index >= 15 is 0 Å². The highest BCUT2D eigenvalue weighted by molar-refractivity contribution is 7.14. The molecular weight excluding hydrogens is 346 g/mol. The first kappa shape index (κ1) is 17.4. The van der Waals surface area contributed by atoms with Gasteiger partial charge in [0.1, 0.15) is 5.69 Å². The zero-order chi connectivity index (χ0) is 17.8. The van der Waals surface area contributed by atoms with Gasteiger partial charge in [0, 0.05) is 55.7 Å². The molecule has 1 amide bonds. The lowest BCUT2D eigenvalue weighted by Gasteiger charge is -2.40. The molecule has 2 aliphatic rings. The Morgan fingerprint density at radius 3 is 2.54 bits per heavy atom. The van der Waals surface area contributed by atoms with E-state index in [2.05, 4.69) is 20.2 Å². The van der Waals surface area contributed by atoms with Gasteiger partial charge in [0.2, 0.25) is 0 Å². The third-order valence-electron chi connectivity index (χ3n) is 5.35. The van der Waals surface area contributed by atoms with Gasteiger partial charge in [0.25, 0.3) is 5.91 Å². The third-order valence-corrected chi connectivity index (χ3v) is 6.11. The van der Waals surface area contributed by atoms with Crippen LogP contribution in [-0.4, -0.2) is 57.9 Å². The van der Waals surface area contributed by atoms with Crippen molar-refractivity contribution in [2.45, 2.75) is 38.1 Å². The van der Waals surface area contributed by atoms with Gasteiger partial charge in [0.15, 0.2) is 5.13 Å². The summed E-state index contributed by atoms with van der Waals surface area (Å²) in [6, 6.07) is 4.50. The van der Waals surface area contributed by atoms with Crippen molar-refractivity contribution in [3.63, 3.8) is 0 Å². The van der Waals surface area contributed by atoms with Gasteiger partial charge >= 0.3 is 0 Å². The summed E-state index contributed by atoms with van der Waals surface area (Å²) in [6.45, 7) is 3.59. The van der Waals surface area contributed by atoms with Crippen molar-refractivity contribution in [2.75, 3.05) is 31.5 Å². The Balaban J connectivity index is 1.32. The highest BCUT2D eigenvalue weighted by Crippen LogP contribution is 2.25. The molecule has 7 heteroatoms. The predicted octanol–water partition coefficient (Wildman–Crippen LogP) is 3.37. The number of amides is 1. The first-order valence-corrected chi connectivity index (χ1v) is 10.3. The Hall–Kier alpha value is -1.99. The molecule has 1 aliphatic carbocycles. The van der Waals surface area contributed by atoms with Crippen LogP contribution in [0, 0.1) is 0 Å². The van der Waals surface area contributed by atoms with Gasteiger partial charge in [0.05, 0.1) is 0 Å². The number of nitrogens with zero attached hydrogens (tertiary/aromatic N) is 4.